The number of aromatic nitrogens is 2. The van der Waals surface area contributed by atoms with Crippen molar-refractivity contribution < 1.29 is 13.9 Å². The molecule has 0 saturated carbocycles. The topological polar surface area (TPSA) is 48.3 Å². The van der Waals surface area contributed by atoms with Crippen LogP contribution in [0.15, 0.2) is 54.6 Å². The summed E-state index contributed by atoms with van der Waals surface area (Å²) in [5, 5.41) is 8.09. The third kappa shape index (κ3) is 4.72. The summed E-state index contributed by atoms with van der Waals surface area (Å²) < 4.78 is 26.3. The van der Waals surface area contributed by atoms with Crippen LogP contribution < -0.4 is 10.1 Å². The molecule has 1 unspecified atom stereocenters. The number of benzene rings is 2. The average molecular weight is 369 g/mol. The van der Waals surface area contributed by atoms with Crippen molar-refractivity contribution in [1.29, 1.82) is 0 Å². The lowest BCUT2D eigenvalue weighted by molar-refractivity contribution is 0.171. The molecule has 0 amide bonds. The maximum atomic E-state index is 13.2. The van der Waals surface area contributed by atoms with E-state index in [0.717, 1.165) is 16.9 Å². The van der Waals surface area contributed by atoms with Crippen molar-refractivity contribution in [3.63, 3.8) is 0 Å². The fourth-order valence-corrected chi connectivity index (χ4v) is 2.79. The highest BCUT2D eigenvalue weighted by Gasteiger charge is 2.19. The third-order valence-electron chi connectivity index (χ3n) is 4.21. The van der Waals surface area contributed by atoms with E-state index in [9.17, 15) is 4.39 Å². The van der Waals surface area contributed by atoms with E-state index >= 15 is 0 Å². The van der Waals surface area contributed by atoms with E-state index < -0.39 is 0 Å². The normalized spacial score (nSPS) is 12.1. The van der Waals surface area contributed by atoms with Gasteiger partial charge in [-0.05, 0) is 50.2 Å². The van der Waals surface area contributed by atoms with E-state index in [2.05, 4.69) is 17.3 Å². The summed E-state index contributed by atoms with van der Waals surface area (Å²) >= 11 is 0. The molecule has 5 nitrogen and oxygen atoms in total. The molecule has 27 heavy (non-hydrogen) atoms. The molecule has 0 aliphatic carbocycles. The molecule has 0 aliphatic rings. The first-order valence-corrected chi connectivity index (χ1v) is 8.88. The maximum absolute atomic E-state index is 13.2. The summed E-state index contributed by atoms with van der Waals surface area (Å²) in [7, 11) is 1.68. The molecule has 1 N–H and O–H groups in total. The fourth-order valence-electron chi connectivity index (χ4n) is 2.79. The van der Waals surface area contributed by atoms with Crippen LogP contribution in [-0.4, -0.2) is 29.5 Å². The standard InChI is InChI=1S/C21H24FN3O2/c1-15(14-26-3)23-13-20-16(2)24-25(18-7-5-4-6-8-18)21(20)27-19-11-9-17(22)10-12-19/h4-12,15,23H,13-14H2,1-3H3. The zero-order valence-electron chi connectivity index (χ0n) is 15.8. The van der Waals surface area contributed by atoms with Gasteiger partial charge < -0.3 is 14.8 Å². The van der Waals surface area contributed by atoms with Crippen molar-refractivity contribution in [1.82, 2.24) is 15.1 Å². The Hall–Kier alpha value is -2.70. The molecule has 6 heteroatoms. The van der Waals surface area contributed by atoms with Crippen LogP contribution in [0, 0.1) is 12.7 Å². The van der Waals surface area contributed by atoms with Gasteiger partial charge in [-0.2, -0.15) is 5.10 Å². The summed E-state index contributed by atoms with van der Waals surface area (Å²) in [5.74, 6) is 0.868. The van der Waals surface area contributed by atoms with Gasteiger partial charge in [0.15, 0.2) is 0 Å². The number of halogens is 1. The van der Waals surface area contributed by atoms with Crippen LogP contribution in [0.3, 0.4) is 0 Å². The summed E-state index contributed by atoms with van der Waals surface area (Å²) in [4.78, 5) is 0. The second-order valence-electron chi connectivity index (χ2n) is 6.41. The van der Waals surface area contributed by atoms with Gasteiger partial charge in [0.05, 0.1) is 23.6 Å². The molecule has 0 radical (unpaired) electrons. The molecule has 1 aromatic heterocycles. The quantitative estimate of drug-likeness (QED) is 0.645. The van der Waals surface area contributed by atoms with Crippen molar-refractivity contribution >= 4 is 0 Å². The van der Waals surface area contributed by atoms with E-state index in [1.54, 1.807) is 23.9 Å². The highest BCUT2D eigenvalue weighted by molar-refractivity contribution is 5.43. The Balaban J connectivity index is 1.96. The van der Waals surface area contributed by atoms with Gasteiger partial charge in [-0.15, -0.1) is 0 Å². The molecule has 1 atom stereocenters. The second kappa shape index (κ2) is 8.79. The number of rotatable bonds is 8. The number of hydrogen-bond acceptors (Lipinski definition) is 4. The zero-order chi connectivity index (χ0) is 19.2. The Labute approximate surface area is 158 Å². The number of methoxy groups -OCH3 is 1. The van der Waals surface area contributed by atoms with Gasteiger partial charge >= 0.3 is 0 Å². The Kier molecular flexibility index (Phi) is 6.21. The van der Waals surface area contributed by atoms with Crippen LogP contribution in [0.4, 0.5) is 4.39 Å². The smallest absolute Gasteiger partial charge is 0.227 e. The highest BCUT2D eigenvalue weighted by Crippen LogP contribution is 2.30. The predicted molar refractivity (Wildman–Crippen MR) is 103 cm³/mol. The Morgan fingerprint density at radius 3 is 2.48 bits per heavy atom. The molecule has 0 aliphatic heterocycles. The molecular formula is C21H24FN3O2. The third-order valence-corrected chi connectivity index (χ3v) is 4.21. The fraction of sp³-hybridized carbons (Fsp3) is 0.286. The van der Waals surface area contributed by atoms with Gasteiger partial charge in [-0.25, -0.2) is 9.07 Å². The number of nitrogens with zero attached hydrogens (tertiary/aromatic N) is 2. The van der Waals surface area contributed by atoms with Crippen LogP contribution >= 0.6 is 0 Å². The molecule has 0 spiro atoms. The minimum atomic E-state index is -0.301. The number of nitrogens with one attached hydrogen (secondary N) is 1. The van der Waals surface area contributed by atoms with Crippen molar-refractivity contribution in [2.45, 2.75) is 26.4 Å². The van der Waals surface area contributed by atoms with Gasteiger partial charge in [0.2, 0.25) is 5.88 Å². The minimum Gasteiger partial charge on any atom is -0.439 e. The average Bonchev–Trinajstić information content (AvgIpc) is 2.98. The number of para-hydroxylation sites is 1. The monoisotopic (exact) mass is 369 g/mol. The summed E-state index contributed by atoms with van der Waals surface area (Å²) in [6, 6.07) is 16.0. The van der Waals surface area contributed by atoms with Crippen LogP contribution in [0.25, 0.3) is 5.69 Å². The molecule has 3 rings (SSSR count). The lowest BCUT2D eigenvalue weighted by Crippen LogP contribution is -2.29. The van der Waals surface area contributed by atoms with Crippen LogP contribution in [0.1, 0.15) is 18.2 Å². The lowest BCUT2D eigenvalue weighted by Gasteiger charge is -2.14. The van der Waals surface area contributed by atoms with E-state index in [1.165, 1.54) is 12.1 Å². The zero-order valence-corrected chi connectivity index (χ0v) is 15.8. The van der Waals surface area contributed by atoms with E-state index in [-0.39, 0.29) is 11.9 Å². The number of hydrogen-bond donors (Lipinski definition) is 1. The first kappa shape index (κ1) is 19.1. The van der Waals surface area contributed by atoms with Crippen molar-refractivity contribution in [3.05, 3.63) is 71.7 Å². The lowest BCUT2D eigenvalue weighted by atomic mass is 10.2. The first-order valence-electron chi connectivity index (χ1n) is 8.88. The Bertz CT molecular complexity index is 863. The molecule has 142 valence electrons. The van der Waals surface area contributed by atoms with Gasteiger partial charge in [0, 0.05) is 19.7 Å². The largest absolute Gasteiger partial charge is 0.439 e. The van der Waals surface area contributed by atoms with Crippen LogP contribution in [0.2, 0.25) is 0 Å². The minimum absolute atomic E-state index is 0.188. The molecule has 0 bridgehead atoms. The first-order chi connectivity index (χ1) is 13.1. The molecule has 0 saturated heterocycles. The van der Waals surface area contributed by atoms with Crippen LogP contribution in [-0.2, 0) is 11.3 Å². The van der Waals surface area contributed by atoms with E-state index in [4.69, 9.17) is 9.47 Å². The van der Waals surface area contributed by atoms with Gasteiger partial charge in [0.25, 0.3) is 0 Å². The molecule has 0 fully saturated rings. The predicted octanol–water partition coefficient (Wildman–Crippen LogP) is 4.24. The van der Waals surface area contributed by atoms with Crippen molar-refractivity contribution in [3.8, 4) is 17.3 Å². The summed E-state index contributed by atoms with van der Waals surface area (Å²) in [5.41, 5.74) is 2.72. The number of aryl methyl sites for hydroxylation is 1. The highest BCUT2D eigenvalue weighted by atomic mass is 19.1. The van der Waals surface area contributed by atoms with Crippen molar-refractivity contribution in [2.75, 3.05) is 13.7 Å². The molecular weight excluding hydrogens is 345 g/mol. The van der Waals surface area contributed by atoms with Gasteiger partial charge in [0.1, 0.15) is 11.6 Å². The van der Waals surface area contributed by atoms with E-state index in [0.29, 0.717) is 24.8 Å². The van der Waals surface area contributed by atoms with Crippen LogP contribution in [0.5, 0.6) is 11.6 Å². The van der Waals surface area contributed by atoms with Gasteiger partial charge in [-0.3, -0.25) is 0 Å². The molecule has 1 heterocycles. The SMILES string of the molecule is COCC(C)NCc1c(C)nn(-c2ccccc2)c1Oc1ccc(F)cc1. The van der Waals surface area contributed by atoms with Crippen molar-refractivity contribution in [2.24, 2.45) is 0 Å². The Morgan fingerprint density at radius 2 is 1.81 bits per heavy atom. The maximum Gasteiger partial charge on any atom is 0.227 e. The second-order valence-corrected chi connectivity index (χ2v) is 6.41. The Morgan fingerprint density at radius 1 is 1.11 bits per heavy atom. The number of ether oxygens (including phenoxy) is 2. The molecule has 2 aromatic carbocycles. The summed E-state index contributed by atoms with van der Waals surface area (Å²) in [6.45, 7) is 5.20. The van der Waals surface area contributed by atoms with E-state index in [1.807, 2.05) is 37.3 Å². The van der Waals surface area contributed by atoms with Gasteiger partial charge in [-0.1, -0.05) is 18.2 Å². The summed E-state index contributed by atoms with van der Waals surface area (Å²) in [6.07, 6.45) is 0. The molecule has 3 aromatic rings.